The van der Waals surface area contributed by atoms with Crippen LogP contribution in [0.1, 0.15) is 81.5 Å². The van der Waals surface area contributed by atoms with Crippen molar-refractivity contribution < 1.29 is 12.6 Å². The second-order valence-electron chi connectivity index (χ2n) is 7.80. The summed E-state index contributed by atoms with van der Waals surface area (Å²) in [6.45, 7) is 16.0. The maximum absolute atomic E-state index is 13.2. The molecule has 0 fully saturated rings. The van der Waals surface area contributed by atoms with Crippen molar-refractivity contribution in [2.45, 2.75) is 64.2 Å². The van der Waals surface area contributed by atoms with E-state index in [1.165, 1.54) is 0 Å². The maximum Gasteiger partial charge on any atom is 0.339 e. The average Bonchev–Trinajstić information content (AvgIpc) is 2.60. The molecule has 0 aliphatic heterocycles. The highest BCUT2D eigenvalue weighted by Gasteiger charge is 2.28. The predicted molar refractivity (Wildman–Crippen MR) is 113 cm³/mol. The van der Waals surface area contributed by atoms with Crippen LogP contribution in [0.15, 0.2) is 47.9 Å². The van der Waals surface area contributed by atoms with Crippen molar-refractivity contribution in [3.63, 3.8) is 0 Å². The largest absolute Gasteiger partial charge is 0.379 e. The first-order valence-electron chi connectivity index (χ1n) is 9.41. The van der Waals surface area contributed by atoms with E-state index in [1.807, 2.05) is 39.8 Å². The van der Waals surface area contributed by atoms with E-state index >= 15 is 0 Å². The van der Waals surface area contributed by atoms with Crippen molar-refractivity contribution in [3.05, 3.63) is 65.2 Å². The summed E-state index contributed by atoms with van der Waals surface area (Å²) < 4.78 is 32.0. The fourth-order valence-corrected chi connectivity index (χ4v) is 4.62. The Bertz CT molecular complexity index is 876. The van der Waals surface area contributed by atoms with E-state index in [4.69, 9.17) is 4.18 Å². The molecular formula is C23H30O3S. The highest BCUT2D eigenvalue weighted by molar-refractivity contribution is 7.87. The van der Waals surface area contributed by atoms with Gasteiger partial charge in [0.15, 0.2) is 0 Å². The molecule has 0 spiro atoms. The highest BCUT2D eigenvalue weighted by Crippen LogP contribution is 2.36. The Labute approximate surface area is 164 Å². The molecule has 0 atom stereocenters. The molecule has 0 aromatic heterocycles. The third-order valence-electron chi connectivity index (χ3n) is 4.65. The monoisotopic (exact) mass is 386 g/mol. The minimum atomic E-state index is -3.95. The number of benzene rings is 2. The number of rotatable bonds is 7. The normalized spacial score (nSPS) is 12.0. The van der Waals surface area contributed by atoms with Gasteiger partial charge in [0.25, 0.3) is 0 Å². The Morgan fingerprint density at radius 3 is 1.70 bits per heavy atom. The van der Waals surface area contributed by atoms with Crippen molar-refractivity contribution >= 4 is 16.2 Å². The quantitative estimate of drug-likeness (QED) is 0.512. The molecule has 0 aliphatic carbocycles. The van der Waals surface area contributed by atoms with Gasteiger partial charge in [-0.05, 0) is 52.1 Å². The maximum atomic E-state index is 13.2. The molecule has 0 bridgehead atoms. The lowest BCUT2D eigenvalue weighted by Gasteiger charge is -2.22. The molecule has 2 aromatic carbocycles. The van der Waals surface area contributed by atoms with Crippen LogP contribution in [0.2, 0.25) is 0 Å². The predicted octanol–water partition coefficient (Wildman–Crippen LogP) is 6.47. The van der Waals surface area contributed by atoms with Gasteiger partial charge in [0.05, 0.1) is 0 Å². The fraction of sp³-hybridized carbons (Fsp3) is 0.391. The number of hydrogen-bond acceptors (Lipinski definition) is 3. The van der Waals surface area contributed by atoms with Crippen LogP contribution < -0.4 is 4.18 Å². The Balaban J connectivity index is 2.63. The summed E-state index contributed by atoms with van der Waals surface area (Å²) in [7, 11) is -3.95. The molecule has 146 valence electrons. The molecule has 27 heavy (non-hydrogen) atoms. The fourth-order valence-electron chi connectivity index (χ4n) is 3.01. The average molecular weight is 387 g/mol. The van der Waals surface area contributed by atoms with Crippen LogP contribution in [-0.4, -0.2) is 8.42 Å². The van der Waals surface area contributed by atoms with Gasteiger partial charge < -0.3 is 4.18 Å². The summed E-state index contributed by atoms with van der Waals surface area (Å²) in [5.41, 5.74) is 3.68. The van der Waals surface area contributed by atoms with Crippen LogP contribution in [0.3, 0.4) is 0 Å². The van der Waals surface area contributed by atoms with Gasteiger partial charge in [0, 0.05) is 0 Å². The van der Waals surface area contributed by atoms with Crippen LogP contribution >= 0.6 is 0 Å². The van der Waals surface area contributed by atoms with Crippen LogP contribution in [0.4, 0.5) is 0 Å². The minimum Gasteiger partial charge on any atom is -0.379 e. The van der Waals surface area contributed by atoms with E-state index < -0.39 is 10.1 Å². The third-order valence-corrected chi connectivity index (χ3v) is 6.03. The Morgan fingerprint density at radius 1 is 0.852 bits per heavy atom. The Hall–Kier alpha value is -2.07. The third kappa shape index (κ3) is 4.81. The molecule has 0 saturated carbocycles. The second kappa shape index (κ2) is 8.30. The molecule has 0 amide bonds. The molecular weight excluding hydrogens is 356 g/mol. The standard InChI is InChI=1S/C23H30O3S/c1-8-18-9-11-20(12-10-18)26-27(24,25)23-21(16(4)5)13-19(15(2)3)14-22(23)17(6)7/h8-17H,1H2,2-7H3. The van der Waals surface area contributed by atoms with E-state index in [0.717, 1.165) is 22.3 Å². The molecule has 0 heterocycles. The topological polar surface area (TPSA) is 43.4 Å². The molecule has 0 N–H and O–H groups in total. The molecule has 3 nitrogen and oxygen atoms in total. The van der Waals surface area contributed by atoms with Crippen molar-refractivity contribution in [3.8, 4) is 5.75 Å². The van der Waals surface area contributed by atoms with Gasteiger partial charge in [0.1, 0.15) is 10.6 Å². The summed E-state index contributed by atoms with van der Waals surface area (Å²) >= 11 is 0. The van der Waals surface area contributed by atoms with Crippen LogP contribution in [0.25, 0.3) is 6.08 Å². The summed E-state index contributed by atoms with van der Waals surface area (Å²) in [6.07, 6.45) is 1.71. The molecule has 2 rings (SSSR count). The summed E-state index contributed by atoms with van der Waals surface area (Å²) in [5, 5.41) is 0. The van der Waals surface area contributed by atoms with Gasteiger partial charge in [-0.15, -0.1) is 0 Å². The molecule has 4 heteroatoms. The van der Waals surface area contributed by atoms with E-state index in [0.29, 0.717) is 16.6 Å². The SMILES string of the molecule is C=Cc1ccc(OS(=O)(=O)c2c(C(C)C)cc(C(C)C)cc2C(C)C)cc1. The first-order chi connectivity index (χ1) is 12.6. The minimum absolute atomic E-state index is 0.0673. The van der Waals surface area contributed by atoms with E-state index in [9.17, 15) is 8.42 Å². The molecule has 0 aliphatic rings. The zero-order chi connectivity index (χ0) is 20.4. The van der Waals surface area contributed by atoms with Gasteiger partial charge in [0.2, 0.25) is 0 Å². The van der Waals surface area contributed by atoms with Gasteiger partial charge in [-0.2, -0.15) is 8.42 Å². The van der Waals surface area contributed by atoms with Crippen LogP contribution in [0, 0.1) is 0 Å². The lowest BCUT2D eigenvalue weighted by atomic mass is 9.89. The molecule has 0 saturated heterocycles. The Kier molecular flexibility index (Phi) is 6.53. The van der Waals surface area contributed by atoms with Gasteiger partial charge in [-0.25, -0.2) is 0 Å². The lowest BCUT2D eigenvalue weighted by Crippen LogP contribution is -2.17. The molecule has 0 unspecified atom stereocenters. The van der Waals surface area contributed by atoms with Crippen LogP contribution in [0.5, 0.6) is 5.75 Å². The van der Waals surface area contributed by atoms with Crippen molar-refractivity contribution in [2.75, 3.05) is 0 Å². The van der Waals surface area contributed by atoms with Gasteiger partial charge in [-0.3, -0.25) is 0 Å². The van der Waals surface area contributed by atoms with Gasteiger partial charge in [-0.1, -0.05) is 78.5 Å². The zero-order valence-corrected chi connectivity index (χ0v) is 17.9. The summed E-state index contributed by atoms with van der Waals surface area (Å²) in [4.78, 5) is 0.310. The lowest BCUT2D eigenvalue weighted by molar-refractivity contribution is 0.482. The van der Waals surface area contributed by atoms with Crippen molar-refractivity contribution in [1.29, 1.82) is 0 Å². The van der Waals surface area contributed by atoms with Crippen molar-refractivity contribution in [2.24, 2.45) is 0 Å². The van der Waals surface area contributed by atoms with E-state index in [2.05, 4.69) is 20.4 Å². The smallest absolute Gasteiger partial charge is 0.339 e. The van der Waals surface area contributed by atoms with Gasteiger partial charge >= 0.3 is 10.1 Å². The molecule has 0 radical (unpaired) electrons. The van der Waals surface area contributed by atoms with Crippen LogP contribution in [-0.2, 0) is 10.1 Å². The van der Waals surface area contributed by atoms with Crippen molar-refractivity contribution in [1.82, 2.24) is 0 Å². The van der Waals surface area contributed by atoms with E-state index in [1.54, 1.807) is 30.3 Å². The highest BCUT2D eigenvalue weighted by atomic mass is 32.2. The molecule has 2 aromatic rings. The zero-order valence-electron chi connectivity index (χ0n) is 17.1. The second-order valence-corrected chi connectivity index (χ2v) is 9.29. The summed E-state index contributed by atoms with van der Waals surface area (Å²) in [5.74, 6) is 0.762. The number of hydrogen-bond donors (Lipinski definition) is 0. The first kappa shape index (κ1) is 21.2. The van der Waals surface area contributed by atoms with E-state index in [-0.39, 0.29) is 11.8 Å². The Morgan fingerprint density at radius 2 is 1.33 bits per heavy atom. The first-order valence-corrected chi connectivity index (χ1v) is 10.8. The summed E-state index contributed by atoms with van der Waals surface area (Å²) in [6, 6.07) is 10.9.